The van der Waals surface area contributed by atoms with Gasteiger partial charge in [-0.15, -0.1) is 0 Å². The summed E-state index contributed by atoms with van der Waals surface area (Å²) in [6.45, 7) is 0. The Balaban J connectivity index is 2.26. The van der Waals surface area contributed by atoms with Gasteiger partial charge in [-0.25, -0.2) is 5.43 Å². The number of nitro benzene ring substituents is 1. The Kier molecular flexibility index (Phi) is 5.58. The van der Waals surface area contributed by atoms with Gasteiger partial charge in [0.1, 0.15) is 11.5 Å². The molecule has 0 fully saturated rings. The van der Waals surface area contributed by atoms with Crippen LogP contribution in [0.15, 0.2) is 35.4 Å². The van der Waals surface area contributed by atoms with Crippen LogP contribution in [0.1, 0.15) is 15.9 Å². The van der Waals surface area contributed by atoms with E-state index in [0.29, 0.717) is 0 Å². The van der Waals surface area contributed by atoms with E-state index in [0.717, 1.165) is 24.4 Å². The molecule has 0 aliphatic rings. The molecule has 0 spiro atoms. The van der Waals surface area contributed by atoms with Crippen molar-refractivity contribution < 1.29 is 29.4 Å². The number of carbonyl (C=O) groups excluding carboxylic acids is 1. The number of aromatic hydroxyl groups is 2. The molecule has 10 nitrogen and oxygen atoms in total. The van der Waals surface area contributed by atoms with Gasteiger partial charge in [0.15, 0.2) is 11.5 Å². The number of phenols is 2. The van der Waals surface area contributed by atoms with Crippen LogP contribution in [0.4, 0.5) is 5.69 Å². The van der Waals surface area contributed by atoms with Gasteiger partial charge in [0.25, 0.3) is 11.6 Å². The second-order valence-corrected chi connectivity index (χ2v) is 4.96. The van der Waals surface area contributed by atoms with Crippen molar-refractivity contribution in [1.29, 1.82) is 0 Å². The zero-order chi connectivity index (χ0) is 19.3. The first-order chi connectivity index (χ1) is 12.3. The smallest absolute Gasteiger partial charge is 0.282 e. The number of nitrogens with one attached hydrogen (secondary N) is 1. The summed E-state index contributed by atoms with van der Waals surface area (Å²) in [6, 6.07) is 5.84. The van der Waals surface area contributed by atoms with Crippen LogP contribution in [0, 0.1) is 10.1 Å². The van der Waals surface area contributed by atoms with Crippen molar-refractivity contribution in [2.75, 3.05) is 14.2 Å². The third kappa shape index (κ3) is 4.17. The minimum atomic E-state index is -0.726. The molecule has 2 rings (SSSR count). The van der Waals surface area contributed by atoms with Crippen LogP contribution in [0.2, 0.25) is 0 Å². The van der Waals surface area contributed by atoms with E-state index in [1.807, 2.05) is 0 Å². The number of phenolic OH excluding ortho intramolecular Hbond substituents is 2. The molecule has 3 N–H and O–H groups in total. The van der Waals surface area contributed by atoms with Gasteiger partial charge in [0, 0.05) is 11.6 Å². The SMILES string of the molecule is COc1cc(/C=N/NC(=O)c2cc(O)cc(O)c2)c([N+](=O)[O-])cc1OC. The highest BCUT2D eigenvalue weighted by Crippen LogP contribution is 2.33. The number of ether oxygens (including phenoxy) is 2. The quantitative estimate of drug-likeness (QED) is 0.404. The number of rotatable bonds is 6. The monoisotopic (exact) mass is 361 g/mol. The molecule has 0 aliphatic carbocycles. The Hall–Kier alpha value is -3.82. The molecule has 0 aromatic heterocycles. The highest BCUT2D eigenvalue weighted by molar-refractivity contribution is 5.96. The maximum absolute atomic E-state index is 12.0. The molecule has 2 aromatic rings. The van der Waals surface area contributed by atoms with Gasteiger partial charge in [-0.2, -0.15) is 5.10 Å². The first kappa shape index (κ1) is 18.5. The number of hydrogen-bond donors (Lipinski definition) is 3. The molecule has 10 heteroatoms. The maximum Gasteiger partial charge on any atom is 0.282 e. The molecular weight excluding hydrogens is 346 g/mol. The van der Waals surface area contributed by atoms with Crippen LogP contribution >= 0.6 is 0 Å². The lowest BCUT2D eigenvalue weighted by atomic mass is 10.1. The standard InChI is InChI=1S/C16H15N3O7/c1-25-14-5-10(13(19(23)24)7-15(14)26-2)8-17-18-16(22)9-3-11(20)6-12(21)4-9/h3-8,20-21H,1-2H3,(H,18,22)/b17-8+. The number of hydrazone groups is 1. The summed E-state index contributed by atoms with van der Waals surface area (Å²) in [5.41, 5.74) is 1.89. The second kappa shape index (κ2) is 7.83. The summed E-state index contributed by atoms with van der Waals surface area (Å²) in [7, 11) is 2.72. The van der Waals surface area contributed by atoms with Crippen LogP contribution in [0.3, 0.4) is 0 Å². The number of methoxy groups -OCH3 is 2. The average Bonchev–Trinajstić information content (AvgIpc) is 2.59. The van der Waals surface area contributed by atoms with E-state index >= 15 is 0 Å². The van der Waals surface area contributed by atoms with Crippen LogP contribution in [-0.2, 0) is 0 Å². The zero-order valence-corrected chi connectivity index (χ0v) is 13.8. The molecule has 1 amide bonds. The number of nitro groups is 1. The Labute approximate surface area is 147 Å². The van der Waals surface area contributed by atoms with E-state index in [1.54, 1.807) is 0 Å². The molecule has 2 aromatic carbocycles. The maximum atomic E-state index is 12.0. The van der Waals surface area contributed by atoms with E-state index in [2.05, 4.69) is 10.5 Å². The summed E-state index contributed by atoms with van der Waals surface area (Å²) < 4.78 is 10.1. The Bertz CT molecular complexity index is 860. The van der Waals surface area contributed by atoms with Gasteiger partial charge in [-0.05, 0) is 18.2 Å². The lowest BCUT2D eigenvalue weighted by molar-refractivity contribution is -0.385. The molecule has 0 bridgehead atoms. The summed E-state index contributed by atoms with van der Waals surface area (Å²) >= 11 is 0. The van der Waals surface area contributed by atoms with Crippen LogP contribution in [0.5, 0.6) is 23.0 Å². The largest absolute Gasteiger partial charge is 0.508 e. The molecule has 0 radical (unpaired) electrons. The summed E-state index contributed by atoms with van der Waals surface area (Å²) in [5.74, 6) is -0.890. The van der Waals surface area contributed by atoms with Crippen LogP contribution in [-0.4, -0.2) is 41.5 Å². The fraction of sp³-hybridized carbons (Fsp3) is 0.125. The fourth-order valence-electron chi connectivity index (χ4n) is 2.10. The first-order valence-corrected chi connectivity index (χ1v) is 7.12. The van der Waals surface area contributed by atoms with E-state index in [4.69, 9.17) is 9.47 Å². The molecule has 0 unspecified atom stereocenters. The second-order valence-electron chi connectivity index (χ2n) is 4.96. The van der Waals surface area contributed by atoms with Crippen molar-refractivity contribution in [3.8, 4) is 23.0 Å². The lowest BCUT2D eigenvalue weighted by Gasteiger charge is -2.08. The first-order valence-electron chi connectivity index (χ1n) is 7.12. The topological polar surface area (TPSA) is 144 Å². The van der Waals surface area contributed by atoms with Crippen molar-refractivity contribution in [2.45, 2.75) is 0 Å². The van der Waals surface area contributed by atoms with Crippen LogP contribution in [0.25, 0.3) is 0 Å². The molecular formula is C16H15N3O7. The number of carbonyl (C=O) groups is 1. The van der Waals surface area contributed by atoms with Crippen LogP contribution < -0.4 is 14.9 Å². The summed E-state index contributed by atoms with van der Waals surface area (Å²) in [6.07, 6.45) is 1.07. The summed E-state index contributed by atoms with van der Waals surface area (Å²) in [4.78, 5) is 22.5. The third-order valence-electron chi connectivity index (χ3n) is 3.26. The molecule has 0 aliphatic heterocycles. The predicted octanol–water partition coefficient (Wildman–Crippen LogP) is 1.79. The van der Waals surface area contributed by atoms with E-state index in [-0.39, 0.29) is 39.8 Å². The molecule has 0 atom stereocenters. The van der Waals surface area contributed by atoms with Gasteiger partial charge >= 0.3 is 0 Å². The van der Waals surface area contributed by atoms with E-state index in [9.17, 15) is 25.1 Å². The Morgan fingerprint density at radius 2 is 1.69 bits per heavy atom. The van der Waals surface area contributed by atoms with Gasteiger partial charge in [0.2, 0.25) is 0 Å². The molecule has 0 saturated heterocycles. The fourth-order valence-corrected chi connectivity index (χ4v) is 2.10. The number of amides is 1. The third-order valence-corrected chi connectivity index (χ3v) is 3.26. The molecule has 136 valence electrons. The normalized spacial score (nSPS) is 10.5. The Morgan fingerprint density at radius 3 is 2.23 bits per heavy atom. The van der Waals surface area contributed by atoms with Crippen molar-refractivity contribution in [3.05, 3.63) is 51.6 Å². The number of nitrogens with zero attached hydrogens (tertiary/aromatic N) is 2. The minimum Gasteiger partial charge on any atom is -0.508 e. The zero-order valence-electron chi connectivity index (χ0n) is 13.8. The van der Waals surface area contributed by atoms with E-state index < -0.39 is 10.8 Å². The highest BCUT2D eigenvalue weighted by Gasteiger charge is 2.18. The van der Waals surface area contributed by atoms with Crippen molar-refractivity contribution in [2.24, 2.45) is 5.10 Å². The number of hydrogen-bond acceptors (Lipinski definition) is 8. The summed E-state index contributed by atoms with van der Waals surface area (Å²) in [5, 5.41) is 33.6. The van der Waals surface area contributed by atoms with Gasteiger partial charge in [0.05, 0.1) is 37.0 Å². The van der Waals surface area contributed by atoms with Gasteiger partial charge in [-0.3, -0.25) is 14.9 Å². The molecule has 26 heavy (non-hydrogen) atoms. The van der Waals surface area contributed by atoms with Crippen molar-refractivity contribution >= 4 is 17.8 Å². The minimum absolute atomic E-state index is 0.0403. The lowest BCUT2D eigenvalue weighted by Crippen LogP contribution is -2.17. The van der Waals surface area contributed by atoms with Gasteiger partial charge < -0.3 is 19.7 Å². The molecule has 0 saturated carbocycles. The van der Waals surface area contributed by atoms with Gasteiger partial charge in [-0.1, -0.05) is 0 Å². The predicted molar refractivity (Wildman–Crippen MR) is 91.0 cm³/mol. The Morgan fingerprint density at radius 1 is 1.12 bits per heavy atom. The highest BCUT2D eigenvalue weighted by atomic mass is 16.6. The van der Waals surface area contributed by atoms with Crippen molar-refractivity contribution in [1.82, 2.24) is 5.43 Å². The van der Waals surface area contributed by atoms with Crippen molar-refractivity contribution in [3.63, 3.8) is 0 Å². The van der Waals surface area contributed by atoms with E-state index in [1.165, 1.54) is 26.4 Å². The average molecular weight is 361 g/mol. The molecule has 0 heterocycles. The number of benzene rings is 2.